The molecule has 0 saturated heterocycles. The first kappa shape index (κ1) is 9.40. The van der Waals surface area contributed by atoms with Crippen molar-refractivity contribution in [2.75, 3.05) is 7.11 Å². The molecule has 1 rings (SSSR count). The van der Waals surface area contributed by atoms with Crippen molar-refractivity contribution in [1.82, 2.24) is 4.98 Å². The predicted molar refractivity (Wildman–Crippen MR) is 43.4 cm³/mol. The molecule has 1 N–H and O–H groups in total. The van der Waals surface area contributed by atoms with E-state index < -0.39 is 4.92 Å². The number of aliphatic hydroxyl groups is 1. The molecule has 0 aromatic carbocycles. The van der Waals surface area contributed by atoms with Gasteiger partial charge in [-0.15, -0.1) is 0 Å². The summed E-state index contributed by atoms with van der Waals surface area (Å²) in [4.78, 5) is 13.5. The van der Waals surface area contributed by atoms with Crippen LogP contribution in [0.1, 0.15) is 5.56 Å². The summed E-state index contributed by atoms with van der Waals surface area (Å²) in [6.45, 7) is -0.280. The molecule has 0 amide bonds. The smallest absolute Gasteiger partial charge is 0.331 e. The number of pyridine rings is 1. The number of nitro groups is 1. The number of hydrogen-bond donors (Lipinski definition) is 1. The van der Waals surface area contributed by atoms with Crippen LogP contribution >= 0.6 is 0 Å². The maximum absolute atomic E-state index is 10.5. The third kappa shape index (κ3) is 1.91. The van der Waals surface area contributed by atoms with E-state index in [-0.39, 0.29) is 18.2 Å². The lowest BCUT2D eigenvalue weighted by Crippen LogP contribution is -1.97. The van der Waals surface area contributed by atoms with Gasteiger partial charge in [0.25, 0.3) is 5.88 Å². The standard InChI is InChI=1S/C7H8N2O4/c1-13-7-6(9(11)12)2-5(4-10)3-8-7/h2-3,10H,4H2,1H3. The molecule has 6 heteroatoms. The van der Waals surface area contributed by atoms with Gasteiger partial charge in [-0.2, -0.15) is 0 Å². The molecule has 1 heterocycles. The quantitative estimate of drug-likeness (QED) is 0.545. The summed E-state index contributed by atoms with van der Waals surface area (Å²) in [7, 11) is 1.30. The van der Waals surface area contributed by atoms with Crippen LogP contribution in [0.2, 0.25) is 0 Å². The molecule has 1 aromatic rings. The molecule has 0 saturated carbocycles. The van der Waals surface area contributed by atoms with Gasteiger partial charge in [0.1, 0.15) is 0 Å². The highest BCUT2D eigenvalue weighted by molar-refractivity contribution is 5.42. The van der Waals surface area contributed by atoms with Gasteiger partial charge in [-0.05, 0) is 0 Å². The average Bonchev–Trinajstić information content (AvgIpc) is 2.16. The first-order valence-corrected chi connectivity index (χ1v) is 3.47. The van der Waals surface area contributed by atoms with E-state index in [1.165, 1.54) is 19.4 Å². The van der Waals surface area contributed by atoms with E-state index in [0.717, 1.165) is 0 Å². The third-order valence-electron chi connectivity index (χ3n) is 1.46. The molecule has 0 atom stereocenters. The summed E-state index contributed by atoms with van der Waals surface area (Å²) >= 11 is 0. The highest BCUT2D eigenvalue weighted by Gasteiger charge is 2.16. The van der Waals surface area contributed by atoms with Gasteiger partial charge in [-0.1, -0.05) is 0 Å². The second-order valence-corrected chi connectivity index (χ2v) is 2.29. The van der Waals surface area contributed by atoms with Gasteiger partial charge < -0.3 is 9.84 Å². The summed E-state index contributed by atoms with van der Waals surface area (Å²) in [6, 6.07) is 1.23. The van der Waals surface area contributed by atoms with E-state index in [0.29, 0.717) is 5.56 Å². The SMILES string of the molecule is COc1ncc(CO)cc1[N+](=O)[O-]. The Labute approximate surface area is 73.9 Å². The highest BCUT2D eigenvalue weighted by Crippen LogP contribution is 2.24. The average molecular weight is 184 g/mol. The Morgan fingerprint density at radius 1 is 1.77 bits per heavy atom. The van der Waals surface area contributed by atoms with Crippen molar-refractivity contribution < 1.29 is 14.8 Å². The van der Waals surface area contributed by atoms with Gasteiger partial charge in [-0.3, -0.25) is 10.1 Å². The molecule has 0 aliphatic carbocycles. The first-order valence-electron chi connectivity index (χ1n) is 3.47. The van der Waals surface area contributed by atoms with Gasteiger partial charge >= 0.3 is 5.69 Å². The number of ether oxygens (including phenoxy) is 1. The molecule has 1 aromatic heterocycles. The molecule has 0 bridgehead atoms. The van der Waals surface area contributed by atoms with Crippen molar-refractivity contribution in [3.8, 4) is 5.88 Å². The van der Waals surface area contributed by atoms with Gasteiger partial charge in [0.2, 0.25) is 0 Å². The van der Waals surface area contributed by atoms with Crippen LogP contribution in [-0.4, -0.2) is 22.1 Å². The highest BCUT2D eigenvalue weighted by atomic mass is 16.6. The van der Waals surface area contributed by atoms with Gasteiger partial charge in [-0.25, -0.2) is 4.98 Å². The lowest BCUT2D eigenvalue weighted by atomic mass is 10.3. The second kappa shape index (κ2) is 3.81. The minimum Gasteiger partial charge on any atom is -0.476 e. The predicted octanol–water partition coefficient (Wildman–Crippen LogP) is 0.491. The van der Waals surface area contributed by atoms with E-state index in [9.17, 15) is 10.1 Å². The van der Waals surface area contributed by atoms with E-state index in [1.807, 2.05) is 0 Å². The van der Waals surface area contributed by atoms with Crippen molar-refractivity contribution in [2.24, 2.45) is 0 Å². The Bertz CT molecular complexity index is 326. The Kier molecular flexibility index (Phi) is 2.76. The molecule has 0 aliphatic heterocycles. The maximum atomic E-state index is 10.5. The number of aliphatic hydroxyl groups excluding tert-OH is 1. The van der Waals surface area contributed by atoms with Crippen LogP contribution in [0, 0.1) is 10.1 Å². The Morgan fingerprint density at radius 2 is 2.46 bits per heavy atom. The van der Waals surface area contributed by atoms with Gasteiger partial charge in [0.05, 0.1) is 18.6 Å². The van der Waals surface area contributed by atoms with Crippen molar-refractivity contribution in [2.45, 2.75) is 6.61 Å². The van der Waals surface area contributed by atoms with Crippen molar-refractivity contribution in [3.63, 3.8) is 0 Å². The molecule has 0 fully saturated rings. The molecule has 0 spiro atoms. The van der Waals surface area contributed by atoms with Crippen LogP contribution in [0.25, 0.3) is 0 Å². The van der Waals surface area contributed by atoms with E-state index >= 15 is 0 Å². The molecule has 0 unspecified atom stereocenters. The van der Waals surface area contributed by atoms with Crippen LogP contribution < -0.4 is 4.74 Å². The summed E-state index contributed by atoms with van der Waals surface area (Å²) in [5.74, 6) is -0.0535. The minimum absolute atomic E-state index is 0.0535. The Hall–Kier alpha value is -1.69. The van der Waals surface area contributed by atoms with Crippen LogP contribution in [0.5, 0.6) is 5.88 Å². The van der Waals surface area contributed by atoms with Crippen LogP contribution in [0.3, 0.4) is 0 Å². The molecular formula is C7H8N2O4. The Balaban J connectivity index is 3.18. The zero-order chi connectivity index (χ0) is 9.84. The Morgan fingerprint density at radius 3 is 2.92 bits per heavy atom. The number of aromatic nitrogens is 1. The zero-order valence-electron chi connectivity index (χ0n) is 6.93. The van der Waals surface area contributed by atoms with Crippen LogP contribution in [0.4, 0.5) is 5.69 Å². The number of hydrogen-bond acceptors (Lipinski definition) is 5. The lowest BCUT2D eigenvalue weighted by Gasteiger charge is -2.00. The minimum atomic E-state index is -0.606. The van der Waals surface area contributed by atoms with Crippen molar-refractivity contribution >= 4 is 5.69 Å². The normalized spacial score (nSPS) is 9.69. The largest absolute Gasteiger partial charge is 0.476 e. The van der Waals surface area contributed by atoms with E-state index in [1.54, 1.807) is 0 Å². The summed E-state index contributed by atoms with van der Waals surface area (Å²) < 4.78 is 4.67. The van der Waals surface area contributed by atoms with Gasteiger partial charge in [0, 0.05) is 17.8 Å². The van der Waals surface area contributed by atoms with Gasteiger partial charge in [0.15, 0.2) is 0 Å². The molecule has 6 nitrogen and oxygen atoms in total. The summed E-state index contributed by atoms with van der Waals surface area (Å²) in [6.07, 6.45) is 1.33. The topological polar surface area (TPSA) is 85.5 Å². The number of nitrogens with zero attached hydrogens (tertiary/aromatic N) is 2. The molecular weight excluding hydrogens is 176 g/mol. The van der Waals surface area contributed by atoms with Crippen LogP contribution in [-0.2, 0) is 6.61 Å². The number of rotatable bonds is 3. The number of methoxy groups -OCH3 is 1. The van der Waals surface area contributed by atoms with Crippen molar-refractivity contribution in [3.05, 3.63) is 27.9 Å². The van der Waals surface area contributed by atoms with Crippen LogP contribution in [0.15, 0.2) is 12.3 Å². The maximum Gasteiger partial charge on any atom is 0.331 e. The summed E-state index contributed by atoms with van der Waals surface area (Å²) in [5.41, 5.74) is 0.140. The fourth-order valence-corrected chi connectivity index (χ4v) is 0.857. The first-order chi connectivity index (χ1) is 6.19. The van der Waals surface area contributed by atoms with Crippen molar-refractivity contribution in [1.29, 1.82) is 0 Å². The summed E-state index contributed by atoms with van der Waals surface area (Å²) in [5, 5.41) is 19.2. The molecule has 13 heavy (non-hydrogen) atoms. The fraction of sp³-hybridized carbons (Fsp3) is 0.286. The van der Waals surface area contributed by atoms with E-state index in [2.05, 4.69) is 9.72 Å². The lowest BCUT2D eigenvalue weighted by molar-refractivity contribution is -0.386. The third-order valence-corrected chi connectivity index (χ3v) is 1.46. The molecule has 0 radical (unpaired) electrons. The monoisotopic (exact) mass is 184 g/mol. The van der Waals surface area contributed by atoms with E-state index in [4.69, 9.17) is 5.11 Å². The molecule has 0 aliphatic rings. The zero-order valence-corrected chi connectivity index (χ0v) is 6.93. The molecule has 70 valence electrons. The fourth-order valence-electron chi connectivity index (χ4n) is 0.857. The second-order valence-electron chi connectivity index (χ2n) is 2.29.